The van der Waals surface area contributed by atoms with E-state index in [1.165, 1.54) is 21.3 Å². The number of unbranched alkanes of at least 4 members (excludes halogenated alkanes) is 1. The molecule has 0 saturated carbocycles. The topological polar surface area (TPSA) is 86.8 Å². The molecule has 0 unspecified atom stereocenters. The Hall–Kier alpha value is -3.65. The molecule has 8 heteroatoms. The summed E-state index contributed by atoms with van der Waals surface area (Å²) in [5.41, 5.74) is 2.30. The molecule has 208 valence electrons. The molecule has 1 N–H and O–H groups in total. The summed E-state index contributed by atoms with van der Waals surface area (Å²) in [4.78, 5) is 28.6. The van der Waals surface area contributed by atoms with Gasteiger partial charge in [0.1, 0.15) is 12.6 Å². The number of carbonyl (C=O) groups excluding carboxylic acids is 2. The zero-order valence-corrected chi connectivity index (χ0v) is 23.9. The monoisotopic (exact) mass is 549 g/mol. The van der Waals surface area contributed by atoms with E-state index in [2.05, 4.69) is 5.32 Å². The van der Waals surface area contributed by atoms with Crippen LogP contribution in [0.15, 0.2) is 89.8 Å². The molecule has 3 rings (SSSR count). The maximum absolute atomic E-state index is 13.9. The summed E-state index contributed by atoms with van der Waals surface area (Å²) in [5, 5.41) is 2.91. The Bertz CT molecular complexity index is 1310. The fraction of sp³-hybridized carbons (Fsp3) is 0.355. The van der Waals surface area contributed by atoms with Gasteiger partial charge in [-0.05, 0) is 55.5 Å². The van der Waals surface area contributed by atoms with Crippen molar-refractivity contribution in [3.63, 3.8) is 0 Å². The number of nitrogens with one attached hydrogen (secondary N) is 1. The molecule has 3 aromatic rings. The molecule has 3 aromatic carbocycles. The summed E-state index contributed by atoms with van der Waals surface area (Å²) in [5.74, 6) is -0.689. The predicted octanol–water partition coefficient (Wildman–Crippen LogP) is 4.82. The molecule has 1 atom stereocenters. The summed E-state index contributed by atoms with van der Waals surface area (Å²) < 4.78 is 29.0. The van der Waals surface area contributed by atoms with E-state index in [0.29, 0.717) is 25.1 Å². The van der Waals surface area contributed by atoms with Crippen LogP contribution in [0.5, 0.6) is 0 Å². The van der Waals surface area contributed by atoms with E-state index in [9.17, 15) is 18.0 Å². The van der Waals surface area contributed by atoms with Crippen LogP contribution in [-0.4, -0.2) is 50.8 Å². The van der Waals surface area contributed by atoms with E-state index >= 15 is 0 Å². The second kappa shape index (κ2) is 14.5. The van der Waals surface area contributed by atoms with Crippen molar-refractivity contribution < 1.29 is 18.0 Å². The summed E-state index contributed by atoms with van der Waals surface area (Å²) >= 11 is 0. The smallest absolute Gasteiger partial charge is 0.264 e. The van der Waals surface area contributed by atoms with Crippen LogP contribution in [0.1, 0.15) is 44.7 Å². The van der Waals surface area contributed by atoms with Gasteiger partial charge in [0.2, 0.25) is 11.8 Å². The number of hydrogen-bond acceptors (Lipinski definition) is 4. The Balaban J connectivity index is 1.97. The SMILES string of the molecule is CCCCNC(=O)[C@@H](C)N(CCc1ccccc1)C(=O)CN(c1ccccc1CC)S(=O)(=O)c1ccccc1. The maximum atomic E-state index is 13.9. The normalized spacial score (nSPS) is 12.0. The summed E-state index contributed by atoms with van der Waals surface area (Å²) in [6.07, 6.45) is 2.91. The van der Waals surface area contributed by atoms with Gasteiger partial charge in [0, 0.05) is 13.1 Å². The highest BCUT2D eigenvalue weighted by Crippen LogP contribution is 2.28. The van der Waals surface area contributed by atoms with Crippen LogP contribution < -0.4 is 9.62 Å². The quantitative estimate of drug-likeness (QED) is 0.292. The van der Waals surface area contributed by atoms with E-state index < -0.39 is 28.5 Å². The van der Waals surface area contributed by atoms with Crippen LogP contribution in [0.2, 0.25) is 0 Å². The maximum Gasteiger partial charge on any atom is 0.264 e. The number of aryl methyl sites for hydroxylation is 1. The molecule has 0 aliphatic carbocycles. The largest absolute Gasteiger partial charge is 0.354 e. The van der Waals surface area contributed by atoms with Crippen molar-refractivity contribution in [1.29, 1.82) is 0 Å². The number of hydrogen-bond donors (Lipinski definition) is 1. The van der Waals surface area contributed by atoms with Crippen molar-refractivity contribution in [2.24, 2.45) is 0 Å². The highest BCUT2D eigenvalue weighted by atomic mass is 32.2. The van der Waals surface area contributed by atoms with Crippen LogP contribution in [0.25, 0.3) is 0 Å². The lowest BCUT2D eigenvalue weighted by Gasteiger charge is -2.32. The standard InChI is InChI=1S/C31H39N3O4S/c1-4-6-22-32-31(36)25(3)33(23-21-26-15-9-7-10-16-26)30(35)24-34(29-20-14-13-17-27(29)5-2)39(37,38)28-18-11-8-12-19-28/h7-20,25H,4-6,21-24H2,1-3H3,(H,32,36)/t25-/m1/s1. The van der Waals surface area contributed by atoms with Gasteiger partial charge in [-0.2, -0.15) is 0 Å². The van der Waals surface area contributed by atoms with Gasteiger partial charge >= 0.3 is 0 Å². The Morgan fingerprint density at radius 2 is 1.49 bits per heavy atom. The molecular formula is C31H39N3O4S. The third-order valence-electron chi connectivity index (χ3n) is 6.73. The van der Waals surface area contributed by atoms with Gasteiger partial charge in [-0.3, -0.25) is 13.9 Å². The lowest BCUT2D eigenvalue weighted by molar-refractivity contribution is -0.138. The highest BCUT2D eigenvalue weighted by Gasteiger charge is 2.32. The summed E-state index contributed by atoms with van der Waals surface area (Å²) in [7, 11) is -4.06. The number of amides is 2. The fourth-order valence-electron chi connectivity index (χ4n) is 4.39. The minimum atomic E-state index is -4.06. The van der Waals surface area contributed by atoms with Crippen molar-refractivity contribution in [3.8, 4) is 0 Å². The number of para-hydroxylation sites is 1. The number of sulfonamides is 1. The third-order valence-corrected chi connectivity index (χ3v) is 8.51. The number of nitrogens with zero attached hydrogens (tertiary/aromatic N) is 2. The molecule has 0 aliphatic heterocycles. The molecule has 0 bridgehead atoms. The molecule has 7 nitrogen and oxygen atoms in total. The molecule has 39 heavy (non-hydrogen) atoms. The van der Waals surface area contributed by atoms with E-state index in [-0.39, 0.29) is 17.3 Å². The van der Waals surface area contributed by atoms with Gasteiger partial charge in [-0.25, -0.2) is 8.42 Å². The Morgan fingerprint density at radius 1 is 0.872 bits per heavy atom. The zero-order chi connectivity index (χ0) is 28.3. The minimum absolute atomic E-state index is 0.102. The van der Waals surface area contributed by atoms with Gasteiger partial charge in [-0.15, -0.1) is 0 Å². The van der Waals surface area contributed by atoms with Gasteiger partial charge < -0.3 is 10.2 Å². The number of benzene rings is 3. The van der Waals surface area contributed by atoms with Crippen molar-refractivity contribution in [2.45, 2.75) is 57.4 Å². The van der Waals surface area contributed by atoms with Crippen molar-refractivity contribution >= 4 is 27.5 Å². The lowest BCUT2D eigenvalue weighted by atomic mass is 10.1. The van der Waals surface area contributed by atoms with Crippen molar-refractivity contribution in [3.05, 3.63) is 96.1 Å². The molecule has 0 heterocycles. The Morgan fingerprint density at radius 3 is 2.13 bits per heavy atom. The van der Waals surface area contributed by atoms with Gasteiger partial charge in [0.15, 0.2) is 0 Å². The first-order valence-corrected chi connectivity index (χ1v) is 15.0. The summed E-state index contributed by atoms with van der Waals surface area (Å²) in [6, 6.07) is 24.3. The van der Waals surface area contributed by atoms with Gasteiger partial charge in [-0.1, -0.05) is 87.0 Å². The summed E-state index contributed by atoms with van der Waals surface area (Å²) in [6.45, 7) is 6.07. The van der Waals surface area contributed by atoms with Crippen LogP contribution in [0.3, 0.4) is 0 Å². The second-order valence-corrected chi connectivity index (χ2v) is 11.3. The van der Waals surface area contributed by atoms with Gasteiger partial charge in [0.25, 0.3) is 10.0 Å². The second-order valence-electron chi connectivity index (χ2n) is 9.45. The number of carbonyl (C=O) groups is 2. The highest BCUT2D eigenvalue weighted by molar-refractivity contribution is 7.92. The van der Waals surface area contributed by atoms with Crippen LogP contribution in [-0.2, 0) is 32.5 Å². The lowest BCUT2D eigenvalue weighted by Crippen LogP contribution is -2.52. The third kappa shape index (κ3) is 7.93. The molecule has 0 aromatic heterocycles. The average Bonchev–Trinajstić information content (AvgIpc) is 2.96. The van der Waals surface area contributed by atoms with Crippen molar-refractivity contribution in [2.75, 3.05) is 23.9 Å². The Labute approximate surface area is 232 Å². The van der Waals surface area contributed by atoms with Gasteiger partial charge in [0.05, 0.1) is 10.6 Å². The average molecular weight is 550 g/mol. The minimum Gasteiger partial charge on any atom is -0.354 e. The predicted molar refractivity (Wildman–Crippen MR) is 156 cm³/mol. The number of anilines is 1. The molecule has 2 amide bonds. The molecule has 0 saturated heterocycles. The molecule has 0 aliphatic rings. The molecule has 0 fully saturated rings. The zero-order valence-electron chi connectivity index (χ0n) is 23.0. The fourth-order valence-corrected chi connectivity index (χ4v) is 5.87. The van der Waals surface area contributed by atoms with E-state index in [1.54, 1.807) is 37.3 Å². The molecular weight excluding hydrogens is 510 g/mol. The van der Waals surface area contributed by atoms with Crippen molar-refractivity contribution in [1.82, 2.24) is 10.2 Å². The Kier molecular flexibility index (Phi) is 11.1. The first kappa shape index (κ1) is 29.9. The molecule has 0 radical (unpaired) electrons. The van der Waals surface area contributed by atoms with Crippen LogP contribution >= 0.6 is 0 Å². The van der Waals surface area contributed by atoms with Crippen LogP contribution in [0, 0.1) is 0 Å². The van der Waals surface area contributed by atoms with E-state index in [4.69, 9.17) is 0 Å². The van der Waals surface area contributed by atoms with Crippen LogP contribution in [0.4, 0.5) is 5.69 Å². The molecule has 0 spiro atoms. The van der Waals surface area contributed by atoms with E-state index in [1.807, 2.05) is 56.3 Å². The number of rotatable bonds is 14. The first-order valence-electron chi connectivity index (χ1n) is 13.6. The van der Waals surface area contributed by atoms with E-state index in [0.717, 1.165) is 24.0 Å². The first-order chi connectivity index (χ1) is 18.8.